The second-order valence-electron chi connectivity index (χ2n) is 1.83. The Morgan fingerprint density at radius 2 is 1.73 bits per heavy atom. The van der Waals surface area contributed by atoms with Gasteiger partial charge in [0, 0.05) is 0 Å². The number of benzene rings is 1. The summed E-state index contributed by atoms with van der Waals surface area (Å²) >= 11 is 16.9. The Hall–Kier alpha value is -0.420. The number of rotatable bonds is 0. The van der Waals surface area contributed by atoms with Crippen LogP contribution in [0.5, 0.6) is 0 Å². The van der Waals surface area contributed by atoms with E-state index in [0.717, 1.165) is 0 Å². The molecule has 1 aromatic rings. The lowest BCUT2D eigenvalue weighted by molar-refractivity contribution is 1.48. The first-order chi connectivity index (χ1) is 5.16. The molecule has 0 amide bonds. The molecule has 0 unspecified atom stereocenters. The average Bonchev–Trinajstić information content (AvgIpc) is 2.01. The number of nitrogens with zero attached hydrogens (tertiary/aromatic N) is 1. The first kappa shape index (κ1) is 8.67. The van der Waals surface area contributed by atoms with Gasteiger partial charge >= 0.3 is 0 Å². The maximum absolute atomic E-state index is 8.50. The minimum absolute atomic E-state index is 0.210. The van der Waals surface area contributed by atoms with E-state index in [1.165, 1.54) is 12.1 Å². The number of nitriles is 1. The molecule has 0 N–H and O–H groups in total. The molecule has 1 nitrogen and oxygen atoms in total. The van der Waals surface area contributed by atoms with Crippen LogP contribution in [0, 0.1) is 11.3 Å². The van der Waals surface area contributed by atoms with Gasteiger partial charge in [-0.25, -0.2) is 0 Å². The van der Waals surface area contributed by atoms with Crippen LogP contribution in [0.4, 0.5) is 0 Å². The molecular formula is C7H2Cl3N. The Labute approximate surface area is 79.1 Å². The molecule has 0 radical (unpaired) electrons. The molecule has 0 saturated heterocycles. The van der Waals surface area contributed by atoms with Crippen molar-refractivity contribution in [2.45, 2.75) is 0 Å². The zero-order valence-corrected chi connectivity index (χ0v) is 7.50. The van der Waals surface area contributed by atoms with E-state index in [2.05, 4.69) is 0 Å². The first-order valence-electron chi connectivity index (χ1n) is 2.70. The van der Waals surface area contributed by atoms with Crippen LogP contribution in [0.15, 0.2) is 12.1 Å². The van der Waals surface area contributed by atoms with E-state index in [1.54, 1.807) is 0 Å². The summed E-state index contributed by atoms with van der Waals surface area (Å²) in [6.45, 7) is 0. The molecule has 0 aromatic heterocycles. The fourth-order valence-electron chi connectivity index (χ4n) is 0.612. The predicted molar refractivity (Wildman–Crippen MR) is 46.2 cm³/mol. The van der Waals surface area contributed by atoms with Gasteiger partial charge in [0.25, 0.3) is 0 Å². The van der Waals surface area contributed by atoms with Crippen LogP contribution in [-0.2, 0) is 0 Å². The monoisotopic (exact) mass is 205 g/mol. The largest absolute Gasteiger partial charge is 0.192 e. The molecule has 0 fully saturated rings. The van der Waals surface area contributed by atoms with E-state index >= 15 is 0 Å². The summed E-state index contributed by atoms with van der Waals surface area (Å²) in [5.41, 5.74) is 0.334. The molecule has 56 valence electrons. The minimum atomic E-state index is 0.210. The lowest BCUT2D eigenvalue weighted by atomic mass is 10.2. The van der Waals surface area contributed by atoms with Crippen LogP contribution in [0.25, 0.3) is 0 Å². The maximum Gasteiger partial charge on any atom is 0.101 e. The smallest absolute Gasteiger partial charge is 0.101 e. The van der Waals surface area contributed by atoms with Gasteiger partial charge in [-0.15, -0.1) is 0 Å². The molecule has 0 aliphatic rings. The molecule has 0 bridgehead atoms. The van der Waals surface area contributed by atoms with E-state index in [1.807, 2.05) is 6.07 Å². The third-order valence-corrected chi connectivity index (χ3v) is 2.45. The summed E-state index contributed by atoms with van der Waals surface area (Å²) in [6, 6.07) is 4.95. The van der Waals surface area contributed by atoms with Gasteiger partial charge in [0.05, 0.1) is 20.6 Å². The van der Waals surface area contributed by atoms with Gasteiger partial charge in [-0.3, -0.25) is 0 Å². The van der Waals surface area contributed by atoms with E-state index in [9.17, 15) is 0 Å². The highest BCUT2D eigenvalue weighted by Crippen LogP contribution is 2.31. The molecule has 0 atom stereocenters. The Morgan fingerprint density at radius 1 is 1.09 bits per heavy atom. The first-order valence-corrected chi connectivity index (χ1v) is 3.84. The van der Waals surface area contributed by atoms with Crippen LogP contribution >= 0.6 is 34.8 Å². The van der Waals surface area contributed by atoms with E-state index in [4.69, 9.17) is 40.1 Å². The quantitative estimate of drug-likeness (QED) is 0.596. The van der Waals surface area contributed by atoms with Crippen molar-refractivity contribution >= 4 is 34.8 Å². The van der Waals surface area contributed by atoms with Crippen molar-refractivity contribution in [1.29, 1.82) is 5.26 Å². The summed E-state index contributed by atoms with van der Waals surface area (Å²) in [5, 5.41) is 9.29. The van der Waals surface area contributed by atoms with Gasteiger partial charge in [-0.2, -0.15) is 5.26 Å². The number of halogens is 3. The fraction of sp³-hybridized carbons (Fsp3) is 0. The highest BCUT2D eigenvalue weighted by atomic mass is 35.5. The Kier molecular flexibility index (Phi) is 2.62. The van der Waals surface area contributed by atoms with Crippen molar-refractivity contribution < 1.29 is 0 Å². The van der Waals surface area contributed by atoms with Crippen LogP contribution in [0.1, 0.15) is 5.56 Å². The summed E-state index contributed by atoms with van der Waals surface area (Å²) in [7, 11) is 0. The molecule has 0 spiro atoms. The van der Waals surface area contributed by atoms with Crippen molar-refractivity contribution in [3.63, 3.8) is 0 Å². The zero-order chi connectivity index (χ0) is 8.43. The van der Waals surface area contributed by atoms with Gasteiger partial charge < -0.3 is 0 Å². The maximum atomic E-state index is 8.50. The Morgan fingerprint density at radius 3 is 2.27 bits per heavy atom. The van der Waals surface area contributed by atoms with Crippen molar-refractivity contribution in [3.8, 4) is 6.07 Å². The van der Waals surface area contributed by atoms with Crippen molar-refractivity contribution in [2.24, 2.45) is 0 Å². The van der Waals surface area contributed by atoms with E-state index < -0.39 is 0 Å². The zero-order valence-electron chi connectivity index (χ0n) is 5.24. The number of hydrogen-bond acceptors (Lipinski definition) is 1. The fourth-order valence-corrected chi connectivity index (χ4v) is 1.19. The second kappa shape index (κ2) is 3.32. The highest BCUT2D eigenvalue weighted by molar-refractivity contribution is 6.48. The molecule has 11 heavy (non-hydrogen) atoms. The minimum Gasteiger partial charge on any atom is -0.192 e. The van der Waals surface area contributed by atoms with Gasteiger partial charge in [-0.05, 0) is 12.1 Å². The van der Waals surface area contributed by atoms with Crippen molar-refractivity contribution in [1.82, 2.24) is 0 Å². The molecule has 0 aliphatic carbocycles. The summed E-state index contributed by atoms with van der Waals surface area (Å²) in [6.07, 6.45) is 0. The molecule has 0 saturated carbocycles. The molecule has 0 aliphatic heterocycles. The van der Waals surface area contributed by atoms with Crippen molar-refractivity contribution in [2.75, 3.05) is 0 Å². The van der Waals surface area contributed by atoms with E-state index in [-0.39, 0.29) is 10.0 Å². The van der Waals surface area contributed by atoms with Crippen molar-refractivity contribution in [3.05, 3.63) is 32.8 Å². The summed E-state index contributed by atoms with van der Waals surface area (Å²) < 4.78 is 0. The lowest BCUT2D eigenvalue weighted by Gasteiger charge is -1.98. The molecule has 0 heterocycles. The van der Waals surface area contributed by atoms with Gasteiger partial charge in [-0.1, -0.05) is 34.8 Å². The topological polar surface area (TPSA) is 23.8 Å². The third-order valence-electron chi connectivity index (χ3n) is 1.16. The predicted octanol–water partition coefficient (Wildman–Crippen LogP) is 3.52. The van der Waals surface area contributed by atoms with Crippen LogP contribution in [0.3, 0.4) is 0 Å². The molecular weight excluding hydrogens is 204 g/mol. The van der Waals surface area contributed by atoms with Crippen LogP contribution in [0.2, 0.25) is 15.1 Å². The Bertz CT molecular complexity index is 327. The van der Waals surface area contributed by atoms with Crippen LogP contribution < -0.4 is 0 Å². The van der Waals surface area contributed by atoms with Gasteiger partial charge in [0.15, 0.2) is 0 Å². The normalized spacial score (nSPS) is 9.27. The lowest BCUT2D eigenvalue weighted by Crippen LogP contribution is -1.78. The summed E-state index contributed by atoms with van der Waals surface area (Å²) in [5.74, 6) is 0. The molecule has 4 heteroatoms. The van der Waals surface area contributed by atoms with Crippen LogP contribution in [-0.4, -0.2) is 0 Å². The van der Waals surface area contributed by atoms with Gasteiger partial charge in [0.1, 0.15) is 6.07 Å². The summed E-state index contributed by atoms with van der Waals surface area (Å²) in [4.78, 5) is 0. The molecule has 1 rings (SSSR count). The average molecular weight is 206 g/mol. The SMILES string of the molecule is N#Cc1ccc(Cl)c(Cl)c1Cl. The number of hydrogen-bond donors (Lipinski definition) is 0. The van der Waals surface area contributed by atoms with E-state index in [0.29, 0.717) is 10.6 Å². The van der Waals surface area contributed by atoms with Gasteiger partial charge in [0.2, 0.25) is 0 Å². The highest BCUT2D eigenvalue weighted by Gasteiger charge is 2.06. The standard InChI is InChI=1S/C7H2Cl3N/c8-5-2-1-4(3-11)6(9)7(5)10/h1-2H. The Balaban J connectivity index is 3.40. The molecule has 1 aromatic carbocycles. The second-order valence-corrected chi connectivity index (χ2v) is 3.00. The third kappa shape index (κ3) is 1.59.